The molecule has 0 heterocycles. The summed E-state index contributed by atoms with van der Waals surface area (Å²) in [5, 5.41) is 8.86. The lowest BCUT2D eigenvalue weighted by atomic mass is 10.2. The second-order valence-corrected chi connectivity index (χ2v) is 3.98. The first-order valence-electron chi connectivity index (χ1n) is 4.73. The summed E-state index contributed by atoms with van der Waals surface area (Å²) in [7, 11) is 0. The second-order valence-electron chi connectivity index (χ2n) is 3.13. The summed E-state index contributed by atoms with van der Waals surface area (Å²) < 4.78 is 5.87. The van der Waals surface area contributed by atoms with Gasteiger partial charge in [-0.2, -0.15) is 0 Å². The van der Waals surface area contributed by atoms with Gasteiger partial charge in [0, 0.05) is 0 Å². The van der Waals surface area contributed by atoms with Crippen LogP contribution in [0.1, 0.15) is 23.7 Å². The lowest BCUT2D eigenvalue weighted by Gasteiger charge is -2.15. The molecule has 0 aliphatic carbocycles. The summed E-state index contributed by atoms with van der Waals surface area (Å²) in [6.45, 7) is 1.70. The highest BCUT2D eigenvalue weighted by Gasteiger charge is 2.19. The van der Waals surface area contributed by atoms with Gasteiger partial charge in [0.25, 0.3) is 0 Å². The first kappa shape index (κ1) is 12.7. The maximum Gasteiger partial charge on any atom is 0.344 e. The van der Waals surface area contributed by atoms with Gasteiger partial charge in [-0.25, -0.2) is 4.79 Å². The summed E-state index contributed by atoms with van der Waals surface area (Å²) in [6, 6.07) is 4.95. The van der Waals surface area contributed by atoms with Crippen molar-refractivity contribution in [2.24, 2.45) is 0 Å². The highest BCUT2D eigenvalue weighted by Crippen LogP contribution is 2.29. The standard InChI is InChI=1S/C11H11BrO4/c1-2-9(11(14)15)16-10-7(6-13)4-3-5-8(10)12/h3-6,9H,2H2,1H3,(H,14,15). The van der Waals surface area contributed by atoms with Gasteiger partial charge in [-0.3, -0.25) is 4.79 Å². The van der Waals surface area contributed by atoms with Crippen molar-refractivity contribution in [3.05, 3.63) is 28.2 Å². The molecular weight excluding hydrogens is 276 g/mol. The van der Waals surface area contributed by atoms with E-state index >= 15 is 0 Å². The molecule has 16 heavy (non-hydrogen) atoms. The summed E-state index contributed by atoms with van der Waals surface area (Å²) in [4.78, 5) is 21.6. The molecule has 0 aliphatic heterocycles. The lowest BCUT2D eigenvalue weighted by Crippen LogP contribution is -2.26. The molecular formula is C11H11BrO4. The number of carboxylic acids is 1. The third-order valence-corrected chi connectivity index (χ3v) is 2.66. The van der Waals surface area contributed by atoms with Crippen LogP contribution in [0.3, 0.4) is 0 Å². The number of carbonyl (C=O) groups is 2. The molecule has 0 radical (unpaired) electrons. The molecule has 5 heteroatoms. The summed E-state index contributed by atoms with van der Waals surface area (Å²) in [6.07, 6.45) is 0.0151. The van der Waals surface area contributed by atoms with Crippen LogP contribution in [0.2, 0.25) is 0 Å². The highest BCUT2D eigenvalue weighted by atomic mass is 79.9. The summed E-state index contributed by atoms with van der Waals surface area (Å²) in [5.74, 6) is -0.776. The van der Waals surface area contributed by atoms with Crippen LogP contribution in [0.5, 0.6) is 5.75 Å². The third-order valence-electron chi connectivity index (χ3n) is 2.03. The van der Waals surface area contributed by atoms with Crippen molar-refractivity contribution in [2.45, 2.75) is 19.4 Å². The number of ether oxygens (including phenoxy) is 1. The van der Waals surface area contributed by atoms with Crippen LogP contribution < -0.4 is 4.74 Å². The Bertz CT molecular complexity index is 403. The van der Waals surface area contributed by atoms with Crippen LogP contribution in [0.4, 0.5) is 0 Å². The smallest absolute Gasteiger partial charge is 0.344 e. The van der Waals surface area contributed by atoms with E-state index in [9.17, 15) is 9.59 Å². The number of hydrogen-bond donors (Lipinski definition) is 1. The number of halogens is 1. The molecule has 0 spiro atoms. The number of hydrogen-bond acceptors (Lipinski definition) is 3. The number of benzene rings is 1. The van der Waals surface area contributed by atoms with Gasteiger partial charge in [0.05, 0.1) is 10.0 Å². The third kappa shape index (κ3) is 2.82. The van der Waals surface area contributed by atoms with Gasteiger partial charge < -0.3 is 9.84 Å². The molecule has 86 valence electrons. The molecule has 0 bridgehead atoms. The molecule has 1 N–H and O–H groups in total. The van der Waals surface area contributed by atoms with E-state index in [-0.39, 0.29) is 5.75 Å². The Morgan fingerprint density at radius 2 is 2.31 bits per heavy atom. The van der Waals surface area contributed by atoms with E-state index in [1.54, 1.807) is 25.1 Å². The first-order chi connectivity index (χ1) is 7.60. The predicted octanol–water partition coefficient (Wildman–Crippen LogP) is 2.50. The van der Waals surface area contributed by atoms with Gasteiger partial charge in [-0.05, 0) is 34.5 Å². The fourth-order valence-corrected chi connectivity index (χ4v) is 1.67. The monoisotopic (exact) mass is 286 g/mol. The van der Waals surface area contributed by atoms with Gasteiger partial charge in [-0.1, -0.05) is 13.0 Å². The van der Waals surface area contributed by atoms with Crippen LogP contribution in [-0.4, -0.2) is 23.5 Å². The minimum atomic E-state index is -1.05. The van der Waals surface area contributed by atoms with Crippen LogP contribution >= 0.6 is 15.9 Å². The maximum absolute atomic E-state index is 10.8. The molecule has 1 atom stereocenters. The molecule has 0 saturated carbocycles. The molecule has 1 aromatic carbocycles. The van der Waals surface area contributed by atoms with E-state index < -0.39 is 12.1 Å². The number of rotatable bonds is 5. The number of para-hydroxylation sites is 1. The summed E-state index contributed by atoms with van der Waals surface area (Å²) in [5.41, 5.74) is 0.328. The van der Waals surface area contributed by atoms with Crippen molar-refractivity contribution in [3.8, 4) is 5.75 Å². The average molecular weight is 287 g/mol. The molecule has 1 rings (SSSR count). The second kappa shape index (κ2) is 5.65. The minimum absolute atomic E-state index is 0.270. The van der Waals surface area contributed by atoms with Crippen molar-refractivity contribution < 1.29 is 19.4 Å². The fraction of sp³-hybridized carbons (Fsp3) is 0.273. The lowest BCUT2D eigenvalue weighted by molar-refractivity contribution is -0.145. The molecule has 1 aromatic rings. The van der Waals surface area contributed by atoms with E-state index in [0.29, 0.717) is 22.7 Å². The van der Waals surface area contributed by atoms with E-state index in [4.69, 9.17) is 9.84 Å². The minimum Gasteiger partial charge on any atom is -0.479 e. The zero-order valence-corrected chi connectivity index (χ0v) is 10.2. The number of carboxylic acid groups (broad SMARTS) is 1. The largest absolute Gasteiger partial charge is 0.479 e. The first-order valence-corrected chi connectivity index (χ1v) is 5.52. The number of aliphatic carboxylic acids is 1. The number of aldehydes is 1. The van der Waals surface area contributed by atoms with Crippen molar-refractivity contribution in [3.63, 3.8) is 0 Å². The van der Waals surface area contributed by atoms with E-state index in [1.807, 2.05) is 0 Å². The van der Waals surface area contributed by atoms with Gasteiger partial charge in [0.1, 0.15) is 5.75 Å². The Morgan fingerprint density at radius 3 is 2.81 bits per heavy atom. The zero-order valence-electron chi connectivity index (χ0n) is 8.64. The van der Waals surface area contributed by atoms with Gasteiger partial charge >= 0.3 is 5.97 Å². The van der Waals surface area contributed by atoms with Crippen molar-refractivity contribution in [1.82, 2.24) is 0 Å². The zero-order chi connectivity index (χ0) is 12.1. The molecule has 0 aliphatic rings. The normalized spacial score (nSPS) is 11.9. The van der Waals surface area contributed by atoms with Crippen LogP contribution in [0, 0.1) is 0 Å². The van der Waals surface area contributed by atoms with Crippen molar-refractivity contribution in [2.75, 3.05) is 0 Å². The molecule has 0 saturated heterocycles. The number of carbonyl (C=O) groups excluding carboxylic acids is 1. The molecule has 0 aromatic heterocycles. The van der Waals surface area contributed by atoms with Crippen LogP contribution in [-0.2, 0) is 4.79 Å². The molecule has 4 nitrogen and oxygen atoms in total. The highest BCUT2D eigenvalue weighted by molar-refractivity contribution is 9.10. The Kier molecular flexibility index (Phi) is 4.49. The van der Waals surface area contributed by atoms with Crippen LogP contribution in [0.25, 0.3) is 0 Å². The quantitative estimate of drug-likeness (QED) is 0.845. The Morgan fingerprint density at radius 1 is 1.62 bits per heavy atom. The molecule has 0 amide bonds. The van der Waals surface area contributed by atoms with Gasteiger partial charge in [-0.15, -0.1) is 0 Å². The Balaban J connectivity index is 3.03. The molecule has 1 unspecified atom stereocenters. The maximum atomic E-state index is 10.8. The van der Waals surface area contributed by atoms with E-state index in [2.05, 4.69) is 15.9 Å². The van der Waals surface area contributed by atoms with Gasteiger partial charge in [0.15, 0.2) is 12.4 Å². The summed E-state index contributed by atoms with van der Waals surface area (Å²) >= 11 is 3.22. The van der Waals surface area contributed by atoms with Gasteiger partial charge in [0.2, 0.25) is 0 Å². The predicted molar refractivity (Wildman–Crippen MR) is 61.9 cm³/mol. The molecule has 0 fully saturated rings. The van der Waals surface area contributed by atoms with Crippen LogP contribution in [0.15, 0.2) is 22.7 Å². The van der Waals surface area contributed by atoms with E-state index in [0.717, 1.165) is 0 Å². The van der Waals surface area contributed by atoms with Crippen molar-refractivity contribution in [1.29, 1.82) is 0 Å². The van der Waals surface area contributed by atoms with E-state index in [1.165, 1.54) is 0 Å². The Hall–Kier alpha value is -1.36. The topological polar surface area (TPSA) is 63.6 Å². The Labute approximate surface area is 101 Å². The fourth-order valence-electron chi connectivity index (χ4n) is 1.19. The average Bonchev–Trinajstić information content (AvgIpc) is 2.26. The van der Waals surface area contributed by atoms with Crippen molar-refractivity contribution >= 4 is 28.2 Å². The SMILES string of the molecule is CCC(Oc1c(Br)cccc1C=O)C(=O)O.